The van der Waals surface area contributed by atoms with Crippen LogP contribution in [-0.2, 0) is 14.4 Å². The number of rotatable bonds is 11. The Kier molecular flexibility index (Phi) is 12.6. The van der Waals surface area contributed by atoms with E-state index in [9.17, 15) is 4.79 Å². The van der Waals surface area contributed by atoms with Crippen LogP contribution in [-0.4, -0.2) is 31.8 Å². The van der Waals surface area contributed by atoms with Gasteiger partial charge in [0, 0.05) is 43.7 Å². The first-order valence-electron chi connectivity index (χ1n) is 10.5. The molecule has 0 aliphatic heterocycles. The lowest BCUT2D eigenvalue weighted by Crippen LogP contribution is -2.24. The van der Waals surface area contributed by atoms with Crippen LogP contribution < -0.4 is 16.1 Å². The standard InChI is InChI=1S/C17H21N3.C7H15NO3/c1-12(2)17(18-4)14-9-10-19-16(11-14)20-15-7-5-13(3)6-8-15;1-3-4-5-7(10-2)11-8-6-9/h5-11,18H,1-4H3,(H,19,20);6-7H,3-5H2,1-2H3,(H,8,9). The molecule has 170 valence electrons. The minimum Gasteiger partial charge on any atom is -0.388 e. The summed E-state index contributed by atoms with van der Waals surface area (Å²) in [5.41, 5.74) is 7.92. The highest BCUT2D eigenvalue weighted by atomic mass is 16.8. The molecule has 0 saturated heterocycles. The molecule has 0 radical (unpaired) electrons. The third kappa shape index (κ3) is 10.1. The van der Waals surface area contributed by atoms with Crippen LogP contribution in [0.5, 0.6) is 0 Å². The maximum Gasteiger partial charge on any atom is 0.230 e. The van der Waals surface area contributed by atoms with Crippen LogP contribution in [0.25, 0.3) is 5.70 Å². The van der Waals surface area contributed by atoms with Crippen LogP contribution in [0.3, 0.4) is 0 Å². The number of pyridine rings is 1. The normalized spacial score (nSPS) is 10.9. The van der Waals surface area contributed by atoms with Gasteiger partial charge in [0.1, 0.15) is 5.82 Å². The minimum absolute atomic E-state index is 0.319. The molecule has 0 aliphatic rings. The third-order valence-corrected chi connectivity index (χ3v) is 4.43. The topological polar surface area (TPSA) is 84.5 Å². The molecule has 0 aliphatic carbocycles. The number of nitrogens with one attached hydrogen (secondary N) is 3. The largest absolute Gasteiger partial charge is 0.388 e. The Balaban J connectivity index is 0.000000373. The number of ether oxygens (including phenoxy) is 1. The van der Waals surface area contributed by atoms with E-state index in [0.29, 0.717) is 6.41 Å². The van der Waals surface area contributed by atoms with Gasteiger partial charge in [0.2, 0.25) is 6.41 Å². The zero-order valence-electron chi connectivity index (χ0n) is 19.5. The first-order valence-corrected chi connectivity index (χ1v) is 10.5. The van der Waals surface area contributed by atoms with Gasteiger partial charge in [-0.2, -0.15) is 0 Å². The molecule has 7 heteroatoms. The van der Waals surface area contributed by atoms with Crippen LogP contribution in [0.1, 0.15) is 51.2 Å². The van der Waals surface area contributed by atoms with E-state index in [4.69, 9.17) is 9.57 Å². The molecular formula is C24H36N4O3. The van der Waals surface area contributed by atoms with Crippen molar-refractivity contribution in [3.8, 4) is 0 Å². The Morgan fingerprint density at radius 1 is 1.19 bits per heavy atom. The van der Waals surface area contributed by atoms with E-state index in [2.05, 4.69) is 79.1 Å². The van der Waals surface area contributed by atoms with Gasteiger partial charge in [-0.05, 0) is 51.5 Å². The van der Waals surface area contributed by atoms with Gasteiger partial charge in [0.25, 0.3) is 0 Å². The molecule has 7 nitrogen and oxygen atoms in total. The molecule has 1 unspecified atom stereocenters. The van der Waals surface area contributed by atoms with Gasteiger partial charge < -0.3 is 15.4 Å². The van der Waals surface area contributed by atoms with Crippen molar-refractivity contribution in [2.45, 2.75) is 53.2 Å². The summed E-state index contributed by atoms with van der Waals surface area (Å²) >= 11 is 0. The smallest absolute Gasteiger partial charge is 0.230 e. The summed E-state index contributed by atoms with van der Waals surface area (Å²) in [6, 6.07) is 12.4. The SMILES string of the molecule is CCCCC(OC)ONC=O.CNC(=C(C)C)c1ccnc(Nc2ccc(C)cc2)c1. The summed E-state index contributed by atoms with van der Waals surface area (Å²) < 4.78 is 4.91. The number of carbonyl (C=O) groups excluding carboxylic acids is 1. The molecule has 0 spiro atoms. The van der Waals surface area contributed by atoms with Gasteiger partial charge in [0.15, 0.2) is 6.29 Å². The number of aryl methyl sites for hydroxylation is 1. The highest BCUT2D eigenvalue weighted by Gasteiger charge is 2.05. The molecule has 0 bridgehead atoms. The van der Waals surface area contributed by atoms with E-state index >= 15 is 0 Å². The Labute approximate surface area is 186 Å². The molecule has 1 heterocycles. The fourth-order valence-corrected chi connectivity index (χ4v) is 2.82. The number of hydrogen-bond acceptors (Lipinski definition) is 6. The van der Waals surface area contributed by atoms with Crippen molar-refractivity contribution in [1.82, 2.24) is 15.8 Å². The third-order valence-electron chi connectivity index (χ3n) is 4.43. The molecular weight excluding hydrogens is 392 g/mol. The van der Waals surface area contributed by atoms with Gasteiger partial charge in [-0.25, -0.2) is 15.3 Å². The average molecular weight is 429 g/mol. The quantitative estimate of drug-likeness (QED) is 0.267. The summed E-state index contributed by atoms with van der Waals surface area (Å²) in [7, 11) is 3.49. The molecule has 1 aromatic heterocycles. The van der Waals surface area contributed by atoms with Gasteiger partial charge >= 0.3 is 0 Å². The van der Waals surface area contributed by atoms with Crippen molar-refractivity contribution in [2.24, 2.45) is 0 Å². The number of unbranched alkanes of at least 4 members (excludes halogenated alkanes) is 1. The fourth-order valence-electron chi connectivity index (χ4n) is 2.82. The first-order chi connectivity index (χ1) is 14.9. The second kappa shape index (κ2) is 15.0. The van der Waals surface area contributed by atoms with Crippen molar-refractivity contribution >= 4 is 23.6 Å². The summed E-state index contributed by atoms with van der Waals surface area (Å²) in [6.07, 6.45) is 4.90. The van der Waals surface area contributed by atoms with Crippen molar-refractivity contribution in [3.05, 3.63) is 59.3 Å². The maximum absolute atomic E-state index is 9.81. The van der Waals surface area contributed by atoms with Gasteiger partial charge in [-0.15, -0.1) is 0 Å². The van der Waals surface area contributed by atoms with Gasteiger partial charge in [-0.3, -0.25) is 4.79 Å². The number of anilines is 2. The Bertz CT molecular complexity index is 803. The second-order valence-corrected chi connectivity index (χ2v) is 7.21. The lowest BCUT2D eigenvalue weighted by atomic mass is 10.1. The highest BCUT2D eigenvalue weighted by Crippen LogP contribution is 2.20. The van der Waals surface area contributed by atoms with E-state index in [-0.39, 0.29) is 6.29 Å². The molecule has 1 aromatic carbocycles. The zero-order valence-corrected chi connectivity index (χ0v) is 19.5. The van der Waals surface area contributed by atoms with Gasteiger partial charge in [0.05, 0.1) is 0 Å². The lowest BCUT2D eigenvalue weighted by molar-refractivity contribution is -0.172. The molecule has 31 heavy (non-hydrogen) atoms. The van der Waals surface area contributed by atoms with E-state index in [1.165, 1.54) is 11.1 Å². The Morgan fingerprint density at radius 2 is 1.90 bits per heavy atom. The van der Waals surface area contributed by atoms with E-state index in [0.717, 1.165) is 42.0 Å². The summed E-state index contributed by atoms with van der Waals surface area (Å²) in [5, 5.41) is 6.57. The lowest BCUT2D eigenvalue weighted by Gasteiger charge is -2.13. The second-order valence-electron chi connectivity index (χ2n) is 7.21. The van der Waals surface area contributed by atoms with Crippen molar-refractivity contribution < 1.29 is 14.4 Å². The van der Waals surface area contributed by atoms with Crippen molar-refractivity contribution in [1.29, 1.82) is 0 Å². The predicted molar refractivity (Wildman–Crippen MR) is 127 cm³/mol. The number of methoxy groups -OCH3 is 1. The number of hydroxylamine groups is 1. The summed E-state index contributed by atoms with van der Waals surface area (Å²) in [6.45, 7) is 8.36. The average Bonchev–Trinajstić information content (AvgIpc) is 2.76. The highest BCUT2D eigenvalue weighted by molar-refractivity contribution is 5.69. The summed E-state index contributed by atoms with van der Waals surface area (Å²) in [5.74, 6) is 0.848. The fraction of sp³-hybridized carbons (Fsp3) is 0.417. The molecule has 1 amide bonds. The predicted octanol–water partition coefficient (Wildman–Crippen LogP) is 4.93. The molecule has 2 aromatic rings. The maximum atomic E-state index is 9.81. The minimum atomic E-state index is -0.319. The first kappa shape index (κ1) is 26.1. The van der Waals surface area contributed by atoms with E-state index in [1.54, 1.807) is 7.11 Å². The number of nitrogens with zero attached hydrogens (tertiary/aromatic N) is 1. The number of carbonyl (C=O) groups is 1. The van der Waals surface area contributed by atoms with Crippen molar-refractivity contribution in [3.63, 3.8) is 0 Å². The molecule has 0 saturated carbocycles. The van der Waals surface area contributed by atoms with Gasteiger partial charge in [-0.1, -0.05) is 36.6 Å². The van der Waals surface area contributed by atoms with Crippen LogP contribution in [0.4, 0.5) is 11.5 Å². The monoisotopic (exact) mass is 428 g/mol. The van der Waals surface area contributed by atoms with Crippen LogP contribution in [0, 0.1) is 6.92 Å². The molecule has 0 fully saturated rings. The number of hydrogen-bond donors (Lipinski definition) is 3. The van der Waals surface area contributed by atoms with E-state index in [1.807, 2.05) is 19.3 Å². The molecule has 3 N–H and O–H groups in total. The van der Waals surface area contributed by atoms with E-state index < -0.39 is 0 Å². The zero-order chi connectivity index (χ0) is 23.1. The summed E-state index contributed by atoms with van der Waals surface area (Å²) in [4.78, 5) is 19.0. The Hall–Kier alpha value is -2.90. The molecule has 2 rings (SSSR count). The Morgan fingerprint density at radius 3 is 2.45 bits per heavy atom. The number of benzene rings is 1. The van der Waals surface area contributed by atoms with Crippen LogP contribution >= 0.6 is 0 Å². The number of aromatic nitrogens is 1. The van der Waals surface area contributed by atoms with Crippen LogP contribution in [0.15, 0.2) is 48.2 Å². The number of allylic oxidation sites excluding steroid dienone is 1. The van der Waals surface area contributed by atoms with Crippen molar-refractivity contribution in [2.75, 3.05) is 19.5 Å². The van der Waals surface area contributed by atoms with Crippen LogP contribution in [0.2, 0.25) is 0 Å². The molecule has 1 atom stereocenters. The number of amides is 1.